The molecule has 0 bridgehead atoms. The smallest absolute Gasteiger partial charge is 0.128 e. The van der Waals surface area contributed by atoms with Crippen LogP contribution >= 0.6 is 0 Å². The van der Waals surface area contributed by atoms with E-state index in [0.29, 0.717) is 6.61 Å². The normalized spacial score (nSPS) is 10.2. The highest BCUT2D eigenvalue weighted by Gasteiger charge is 2.03. The first-order chi connectivity index (χ1) is 8.38. The van der Waals surface area contributed by atoms with Crippen LogP contribution < -0.4 is 10.1 Å². The zero-order valence-electron chi connectivity index (χ0n) is 10.8. The van der Waals surface area contributed by atoms with Crippen LogP contribution in [-0.4, -0.2) is 13.2 Å². The van der Waals surface area contributed by atoms with Crippen molar-refractivity contribution in [2.24, 2.45) is 0 Å². The number of para-hydroxylation sites is 1. The van der Waals surface area contributed by atoms with E-state index >= 15 is 0 Å². The molecule has 0 saturated heterocycles. The minimum Gasteiger partial charge on any atom is -0.489 e. The van der Waals surface area contributed by atoms with Crippen molar-refractivity contribution in [1.82, 2.24) is 0 Å². The molecule has 2 heteroatoms. The molecule has 2 N–H and O–H groups in total. The number of ether oxygens (including phenoxy) is 1. The highest BCUT2D eigenvalue weighted by atomic mass is 16.5. The van der Waals surface area contributed by atoms with E-state index in [1.54, 1.807) is 6.08 Å². The van der Waals surface area contributed by atoms with E-state index in [9.17, 15) is 0 Å². The van der Waals surface area contributed by atoms with E-state index < -0.39 is 0 Å². The van der Waals surface area contributed by atoms with Crippen molar-refractivity contribution >= 4 is 0 Å². The first-order valence-corrected chi connectivity index (χ1v) is 6.51. The molecule has 0 amide bonds. The zero-order valence-corrected chi connectivity index (χ0v) is 10.8. The molecule has 1 aromatic rings. The van der Waals surface area contributed by atoms with Crippen LogP contribution in [0.3, 0.4) is 0 Å². The van der Waals surface area contributed by atoms with Crippen LogP contribution in [0.4, 0.5) is 0 Å². The van der Waals surface area contributed by atoms with Crippen molar-refractivity contribution in [2.45, 2.75) is 32.7 Å². The van der Waals surface area contributed by atoms with Gasteiger partial charge in [0.2, 0.25) is 0 Å². The minimum absolute atomic E-state index is 0.576. The summed E-state index contributed by atoms with van der Waals surface area (Å²) in [7, 11) is 0. The molecular formula is C15H24NO+. The number of rotatable bonds is 9. The summed E-state index contributed by atoms with van der Waals surface area (Å²) in [6.07, 6.45) is 5.69. The van der Waals surface area contributed by atoms with Gasteiger partial charge in [-0.25, -0.2) is 0 Å². The van der Waals surface area contributed by atoms with Crippen LogP contribution in [0.15, 0.2) is 36.9 Å². The topological polar surface area (TPSA) is 25.8 Å². The molecule has 0 aromatic heterocycles. The van der Waals surface area contributed by atoms with Gasteiger partial charge < -0.3 is 10.1 Å². The van der Waals surface area contributed by atoms with Crippen molar-refractivity contribution in [3.8, 4) is 5.75 Å². The Kier molecular flexibility index (Phi) is 7.15. The van der Waals surface area contributed by atoms with Crippen LogP contribution in [0, 0.1) is 0 Å². The van der Waals surface area contributed by atoms with Crippen molar-refractivity contribution in [1.29, 1.82) is 0 Å². The number of benzene rings is 1. The molecule has 0 spiro atoms. The SMILES string of the molecule is C=CCOc1ccccc1C[NH2+]CCCCC. The average Bonchev–Trinajstić information content (AvgIpc) is 2.37. The van der Waals surface area contributed by atoms with Crippen molar-refractivity contribution in [3.05, 3.63) is 42.5 Å². The molecule has 0 aliphatic heterocycles. The first kappa shape index (κ1) is 13.8. The van der Waals surface area contributed by atoms with E-state index in [2.05, 4.69) is 31.0 Å². The summed E-state index contributed by atoms with van der Waals surface area (Å²) in [6.45, 7) is 8.67. The highest BCUT2D eigenvalue weighted by Crippen LogP contribution is 2.16. The molecule has 94 valence electrons. The van der Waals surface area contributed by atoms with E-state index in [1.807, 2.05) is 12.1 Å². The van der Waals surface area contributed by atoms with Gasteiger partial charge in [0.05, 0.1) is 6.54 Å². The van der Waals surface area contributed by atoms with Crippen molar-refractivity contribution < 1.29 is 10.1 Å². The van der Waals surface area contributed by atoms with Crippen LogP contribution in [0.25, 0.3) is 0 Å². The van der Waals surface area contributed by atoms with Gasteiger partial charge in [0.25, 0.3) is 0 Å². The zero-order chi connectivity index (χ0) is 12.3. The Morgan fingerprint density at radius 1 is 1.29 bits per heavy atom. The lowest BCUT2D eigenvalue weighted by atomic mass is 10.2. The molecular weight excluding hydrogens is 210 g/mol. The lowest BCUT2D eigenvalue weighted by Crippen LogP contribution is -2.82. The number of hydrogen-bond donors (Lipinski definition) is 1. The molecule has 1 rings (SSSR count). The molecule has 1 aromatic carbocycles. The molecule has 0 radical (unpaired) electrons. The van der Waals surface area contributed by atoms with Gasteiger partial charge in [-0.2, -0.15) is 0 Å². The Hall–Kier alpha value is -1.28. The van der Waals surface area contributed by atoms with E-state index in [-0.39, 0.29) is 0 Å². The Morgan fingerprint density at radius 2 is 2.12 bits per heavy atom. The van der Waals surface area contributed by atoms with E-state index in [4.69, 9.17) is 4.74 Å². The molecule has 0 unspecified atom stereocenters. The summed E-state index contributed by atoms with van der Waals surface area (Å²) < 4.78 is 5.63. The molecule has 0 fully saturated rings. The fraction of sp³-hybridized carbons (Fsp3) is 0.467. The van der Waals surface area contributed by atoms with Crippen LogP contribution in [0.2, 0.25) is 0 Å². The van der Waals surface area contributed by atoms with Gasteiger partial charge in [-0.15, -0.1) is 0 Å². The summed E-state index contributed by atoms with van der Waals surface area (Å²) in [6, 6.07) is 8.24. The first-order valence-electron chi connectivity index (χ1n) is 6.51. The largest absolute Gasteiger partial charge is 0.489 e. The third-order valence-electron chi connectivity index (χ3n) is 2.71. The van der Waals surface area contributed by atoms with Gasteiger partial charge in [-0.1, -0.05) is 38.1 Å². The predicted octanol–water partition coefficient (Wildman–Crippen LogP) is 2.51. The quantitative estimate of drug-likeness (QED) is 0.515. The maximum atomic E-state index is 5.63. The summed E-state index contributed by atoms with van der Waals surface area (Å²) in [5, 5.41) is 2.35. The number of unbranched alkanes of at least 4 members (excludes halogenated alkanes) is 2. The van der Waals surface area contributed by atoms with E-state index in [0.717, 1.165) is 12.3 Å². The highest BCUT2D eigenvalue weighted by molar-refractivity contribution is 5.32. The molecule has 0 atom stereocenters. The monoisotopic (exact) mass is 234 g/mol. The molecule has 17 heavy (non-hydrogen) atoms. The second-order valence-electron chi connectivity index (χ2n) is 4.20. The third-order valence-corrected chi connectivity index (χ3v) is 2.71. The lowest BCUT2D eigenvalue weighted by Gasteiger charge is -2.09. The van der Waals surface area contributed by atoms with Gasteiger partial charge in [-0.3, -0.25) is 0 Å². The summed E-state index contributed by atoms with van der Waals surface area (Å²) in [4.78, 5) is 0. The van der Waals surface area contributed by atoms with Gasteiger partial charge in [0.1, 0.15) is 18.9 Å². The number of nitrogens with two attached hydrogens (primary N) is 1. The van der Waals surface area contributed by atoms with Crippen molar-refractivity contribution in [3.63, 3.8) is 0 Å². The summed E-state index contributed by atoms with van der Waals surface area (Å²) >= 11 is 0. The van der Waals surface area contributed by atoms with Crippen LogP contribution in [-0.2, 0) is 6.54 Å². The number of quaternary nitrogens is 1. The fourth-order valence-electron chi connectivity index (χ4n) is 1.76. The molecule has 0 saturated carbocycles. The second-order valence-corrected chi connectivity index (χ2v) is 4.20. The van der Waals surface area contributed by atoms with Crippen LogP contribution in [0.1, 0.15) is 31.7 Å². The van der Waals surface area contributed by atoms with Gasteiger partial charge >= 0.3 is 0 Å². The Balaban J connectivity index is 2.37. The lowest BCUT2D eigenvalue weighted by molar-refractivity contribution is -0.671. The van der Waals surface area contributed by atoms with Gasteiger partial charge in [0, 0.05) is 5.56 Å². The number of hydrogen-bond acceptors (Lipinski definition) is 1. The standard InChI is InChI=1S/C15H23NO/c1-3-5-8-11-16-13-14-9-6-7-10-15(14)17-12-4-2/h4,6-7,9-10,16H,2-3,5,8,11-13H2,1H3/p+1. The van der Waals surface area contributed by atoms with E-state index in [1.165, 1.54) is 31.4 Å². The Morgan fingerprint density at radius 3 is 2.88 bits per heavy atom. The van der Waals surface area contributed by atoms with Gasteiger partial charge in [-0.05, 0) is 25.0 Å². The summed E-state index contributed by atoms with van der Waals surface area (Å²) in [5.41, 5.74) is 1.27. The Labute approximate surface area is 105 Å². The maximum absolute atomic E-state index is 5.63. The Bertz CT molecular complexity index is 322. The average molecular weight is 234 g/mol. The minimum atomic E-state index is 0.576. The maximum Gasteiger partial charge on any atom is 0.128 e. The third kappa shape index (κ3) is 5.55. The predicted molar refractivity (Wildman–Crippen MR) is 72.2 cm³/mol. The molecule has 2 nitrogen and oxygen atoms in total. The molecule has 0 aliphatic rings. The molecule has 0 aliphatic carbocycles. The molecule has 0 heterocycles. The summed E-state index contributed by atoms with van der Waals surface area (Å²) in [5.74, 6) is 0.985. The van der Waals surface area contributed by atoms with Crippen molar-refractivity contribution in [2.75, 3.05) is 13.2 Å². The second kappa shape index (κ2) is 8.82. The fourth-order valence-corrected chi connectivity index (χ4v) is 1.76. The van der Waals surface area contributed by atoms with Gasteiger partial charge in [0.15, 0.2) is 0 Å². The van der Waals surface area contributed by atoms with Crippen LogP contribution in [0.5, 0.6) is 5.75 Å².